The molecule has 0 radical (unpaired) electrons. The average molecular weight is 248 g/mol. The van der Waals surface area contributed by atoms with Crippen LogP contribution in [-0.4, -0.2) is 23.8 Å². The summed E-state index contributed by atoms with van der Waals surface area (Å²) in [5, 5.41) is 8.60. The molecular formula is C10H17F5O. The molecule has 1 N–H and O–H groups in total. The van der Waals surface area contributed by atoms with Gasteiger partial charge in [0.25, 0.3) is 0 Å². The standard InChI is InChI=1S/C10H17F5O/c1-2-3-4-5-6-8(7-16)9(11,12)10(13,14)15/h8,16H,2-7H2,1H3/t8-/m0/s1. The molecule has 0 spiro atoms. The second-order valence-corrected chi connectivity index (χ2v) is 3.85. The lowest BCUT2D eigenvalue weighted by molar-refractivity contribution is -0.306. The van der Waals surface area contributed by atoms with Gasteiger partial charge in [-0.15, -0.1) is 0 Å². The minimum Gasteiger partial charge on any atom is -0.396 e. The zero-order chi connectivity index (χ0) is 12.8. The Balaban J connectivity index is 4.26. The van der Waals surface area contributed by atoms with E-state index in [0.29, 0.717) is 6.42 Å². The monoisotopic (exact) mass is 248 g/mol. The minimum absolute atomic E-state index is 0.282. The number of alkyl halides is 5. The van der Waals surface area contributed by atoms with Gasteiger partial charge in [-0.1, -0.05) is 32.6 Å². The Kier molecular flexibility index (Phi) is 6.22. The van der Waals surface area contributed by atoms with E-state index in [-0.39, 0.29) is 12.8 Å². The molecule has 0 heterocycles. The van der Waals surface area contributed by atoms with Gasteiger partial charge in [-0.05, 0) is 6.42 Å². The van der Waals surface area contributed by atoms with Crippen LogP contribution in [0, 0.1) is 5.92 Å². The van der Waals surface area contributed by atoms with Gasteiger partial charge in [-0.2, -0.15) is 22.0 Å². The third-order valence-corrected chi connectivity index (χ3v) is 2.52. The molecule has 0 aliphatic heterocycles. The van der Waals surface area contributed by atoms with E-state index in [9.17, 15) is 22.0 Å². The predicted molar refractivity (Wildman–Crippen MR) is 50.3 cm³/mol. The Hall–Kier alpha value is -0.390. The SMILES string of the molecule is CCCCCC[C@@H](CO)C(F)(F)C(F)(F)F. The molecule has 16 heavy (non-hydrogen) atoms. The van der Waals surface area contributed by atoms with Crippen LogP contribution in [0.3, 0.4) is 0 Å². The van der Waals surface area contributed by atoms with E-state index >= 15 is 0 Å². The van der Waals surface area contributed by atoms with Crippen LogP contribution in [0.5, 0.6) is 0 Å². The van der Waals surface area contributed by atoms with Crippen LogP contribution in [0.15, 0.2) is 0 Å². The Bertz CT molecular complexity index is 190. The first-order chi connectivity index (χ1) is 7.27. The smallest absolute Gasteiger partial charge is 0.396 e. The summed E-state index contributed by atoms with van der Waals surface area (Å²) >= 11 is 0. The first-order valence-electron chi connectivity index (χ1n) is 5.32. The maximum Gasteiger partial charge on any atom is 0.453 e. The van der Waals surface area contributed by atoms with Crippen molar-refractivity contribution in [3.05, 3.63) is 0 Å². The molecule has 6 heteroatoms. The van der Waals surface area contributed by atoms with Gasteiger partial charge in [0.2, 0.25) is 0 Å². The Labute approximate surface area is 91.6 Å². The average Bonchev–Trinajstić information content (AvgIpc) is 2.16. The molecular weight excluding hydrogens is 231 g/mol. The third kappa shape index (κ3) is 4.23. The fourth-order valence-electron chi connectivity index (χ4n) is 1.44. The van der Waals surface area contributed by atoms with Gasteiger partial charge < -0.3 is 5.11 Å². The summed E-state index contributed by atoms with van der Waals surface area (Å²) in [6, 6.07) is 0. The predicted octanol–water partition coefficient (Wildman–Crippen LogP) is 3.76. The van der Waals surface area contributed by atoms with E-state index in [2.05, 4.69) is 0 Å². The molecule has 0 aliphatic rings. The summed E-state index contributed by atoms with van der Waals surface area (Å²) < 4.78 is 61.6. The zero-order valence-electron chi connectivity index (χ0n) is 9.16. The van der Waals surface area contributed by atoms with Crippen LogP contribution in [0.1, 0.15) is 39.0 Å². The van der Waals surface area contributed by atoms with Crippen LogP contribution in [0.25, 0.3) is 0 Å². The zero-order valence-corrected chi connectivity index (χ0v) is 9.16. The van der Waals surface area contributed by atoms with Crippen molar-refractivity contribution >= 4 is 0 Å². The van der Waals surface area contributed by atoms with Crippen molar-refractivity contribution in [3.63, 3.8) is 0 Å². The first kappa shape index (κ1) is 15.6. The Morgan fingerprint density at radius 1 is 1.00 bits per heavy atom. The molecule has 0 aromatic heterocycles. The summed E-state index contributed by atoms with van der Waals surface area (Å²) in [6.07, 6.45) is -3.31. The number of aliphatic hydroxyl groups excluding tert-OH is 1. The van der Waals surface area contributed by atoms with Crippen molar-refractivity contribution < 1.29 is 27.1 Å². The fourth-order valence-corrected chi connectivity index (χ4v) is 1.44. The van der Waals surface area contributed by atoms with E-state index in [1.807, 2.05) is 6.92 Å². The van der Waals surface area contributed by atoms with Crippen LogP contribution < -0.4 is 0 Å². The molecule has 1 nitrogen and oxygen atoms in total. The van der Waals surface area contributed by atoms with Gasteiger partial charge in [-0.25, -0.2) is 0 Å². The largest absolute Gasteiger partial charge is 0.453 e. The van der Waals surface area contributed by atoms with Crippen molar-refractivity contribution in [1.29, 1.82) is 0 Å². The summed E-state index contributed by atoms with van der Waals surface area (Å²) in [4.78, 5) is 0. The van der Waals surface area contributed by atoms with Gasteiger partial charge >= 0.3 is 12.1 Å². The lowest BCUT2D eigenvalue weighted by Crippen LogP contribution is -2.45. The van der Waals surface area contributed by atoms with Crippen molar-refractivity contribution in [2.75, 3.05) is 6.61 Å². The van der Waals surface area contributed by atoms with Crippen molar-refractivity contribution in [2.45, 2.75) is 51.1 Å². The molecule has 0 saturated heterocycles. The van der Waals surface area contributed by atoms with Gasteiger partial charge in [0.05, 0.1) is 12.5 Å². The summed E-state index contributed by atoms with van der Waals surface area (Å²) in [5.74, 6) is -6.82. The normalized spacial score (nSPS) is 15.2. The topological polar surface area (TPSA) is 20.2 Å². The molecule has 0 saturated carbocycles. The highest BCUT2D eigenvalue weighted by molar-refractivity contribution is 4.83. The van der Waals surface area contributed by atoms with E-state index in [1.165, 1.54) is 0 Å². The van der Waals surface area contributed by atoms with E-state index in [4.69, 9.17) is 5.11 Å². The number of hydrogen-bond acceptors (Lipinski definition) is 1. The van der Waals surface area contributed by atoms with Crippen molar-refractivity contribution in [2.24, 2.45) is 5.92 Å². The Morgan fingerprint density at radius 3 is 1.94 bits per heavy atom. The molecule has 0 aromatic rings. The molecule has 0 rings (SSSR count). The number of halogens is 5. The highest BCUT2D eigenvalue weighted by atomic mass is 19.4. The number of unbranched alkanes of at least 4 members (excludes halogenated alkanes) is 3. The molecule has 0 unspecified atom stereocenters. The second kappa shape index (κ2) is 6.37. The lowest BCUT2D eigenvalue weighted by Gasteiger charge is -2.27. The van der Waals surface area contributed by atoms with Gasteiger partial charge in [0.1, 0.15) is 0 Å². The van der Waals surface area contributed by atoms with Crippen LogP contribution in [0.4, 0.5) is 22.0 Å². The number of hydrogen-bond donors (Lipinski definition) is 1. The van der Waals surface area contributed by atoms with Crippen molar-refractivity contribution in [1.82, 2.24) is 0 Å². The summed E-state index contributed by atoms with van der Waals surface area (Å²) in [6.45, 7) is 0.770. The molecule has 98 valence electrons. The maximum atomic E-state index is 12.8. The van der Waals surface area contributed by atoms with E-state index in [0.717, 1.165) is 12.8 Å². The molecule has 0 fully saturated rings. The Morgan fingerprint density at radius 2 is 1.56 bits per heavy atom. The fraction of sp³-hybridized carbons (Fsp3) is 1.00. The number of rotatable bonds is 7. The highest BCUT2D eigenvalue weighted by Crippen LogP contribution is 2.42. The van der Waals surface area contributed by atoms with Crippen molar-refractivity contribution in [3.8, 4) is 0 Å². The van der Waals surface area contributed by atoms with Crippen LogP contribution in [-0.2, 0) is 0 Å². The van der Waals surface area contributed by atoms with Gasteiger partial charge in [0.15, 0.2) is 0 Å². The van der Waals surface area contributed by atoms with E-state index in [1.54, 1.807) is 0 Å². The van der Waals surface area contributed by atoms with Crippen LogP contribution >= 0.6 is 0 Å². The maximum absolute atomic E-state index is 12.8. The second-order valence-electron chi connectivity index (χ2n) is 3.85. The highest BCUT2D eigenvalue weighted by Gasteiger charge is 2.61. The number of aliphatic hydroxyl groups is 1. The molecule has 1 atom stereocenters. The van der Waals surface area contributed by atoms with Gasteiger partial charge in [-0.3, -0.25) is 0 Å². The quantitative estimate of drug-likeness (QED) is 0.537. The summed E-state index contributed by atoms with van der Waals surface area (Å²) in [5.41, 5.74) is 0. The molecule has 0 amide bonds. The van der Waals surface area contributed by atoms with Crippen LogP contribution in [0.2, 0.25) is 0 Å². The summed E-state index contributed by atoms with van der Waals surface area (Å²) in [7, 11) is 0. The third-order valence-electron chi connectivity index (χ3n) is 2.52. The molecule has 0 aromatic carbocycles. The minimum atomic E-state index is -5.58. The molecule has 0 aliphatic carbocycles. The van der Waals surface area contributed by atoms with Gasteiger partial charge in [0, 0.05) is 0 Å². The lowest BCUT2D eigenvalue weighted by atomic mass is 9.94. The molecule has 0 bridgehead atoms. The first-order valence-corrected chi connectivity index (χ1v) is 5.32. The van der Waals surface area contributed by atoms with E-state index < -0.39 is 24.6 Å².